The Morgan fingerprint density at radius 3 is 3.22 bits per heavy atom. The van der Waals surface area contributed by atoms with Crippen LogP contribution in [0, 0.1) is 0 Å². The van der Waals surface area contributed by atoms with Gasteiger partial charge in [0, 0.05) is 19.1 Å². The van der Waals surface area contributed by atoms with Gasteiger partial charge in [0.1, 0.15) is 12.4 Å². The van der Waals surface area contributed by atoms with Crippen molar-refractivity contribution in [2.45, 2.75) is 25.2 Å². The van der Waals surface area contributed by atoms with E-state index in [2.05, 4.69) is 17.3 Å². The predicted molar refractivity (Wildman–Crippen MR) is 68.3 cm³/mol. The summed E-state index contributed by atoms with van der Waals surface area (Å²) < 4.78 is 10.5. The predicted octanol–water partition coefficient (Wildman–Crippen LogP) is 0.451. The molecule has 1 aromatic rings. The molecule has 1 aromatic heterocycles. The third-order valence-corrected chi connectivity index (χ3v) is 3.17. The van der Waals surface area contributed by atoms with Gasteiger partial charge in [-0.25, -0.2) is 0 Å². The third-order valence-electron chi connectivity index (χ3n) is 3.17. The molecule has 0 aliphatic carbocycles. The molecule has 2 N–H and O–H groups in total. The summed E-state index contributed by atoms with van der Waals surface area (Å²) in [5.74, 6) is 0.785. The lowest BCUT2D eigenvalue weighted by atomic mass is 10.2. The molecule has 1 aliphatic rings. The summed E-state index contributed by atoms with van der Waals surface area (Å²) in [6, 6.07) is 4.18. The Balaban J connectivity index is 1.53. The monoisotopic (exact) mass is 254 g/mol. The molecule has 1 fully saturated rings. The van der Waals surface area contributed by atoms with Gasteiger partial charge >= 0.3 is 0 Å². The number of aliphatic hydroxyl groups excluding tert-OH is 1. The van der Waals surface area contributed by atoms with Crippen molar-refractivity contribution in [1.29, 1.82) is 0 Å². The molecule has 18 heavy (non-hydrogen) atoms. The number of furan rings is 1. The van der Waals surface area contributed by atoms with Crippen molar-refractivity contribution >= 4 is 0 Å². The SMILES string of the molecule is CN1CCC(NCC(O)COCc2ccco2)C1. The van der Waals surface area contributed by atoms with Crippen LogP contribution in [0.5, 0.6) is 0 Å². The van der Waals surface area contributed by atoms with Gasteiger partial charge in [0.25, 0.3) is 0 Å². The van der Waals surface area contributed by atoms with Gasteiger partial charge in [-0.2, -0.15) is 0 Å². The van der Waals surface area contributed by atoms with Gasteiger partial charge in [0.15, 0.2) is 0 Å². The van der Waals surface area contributed by atoms with E-state index in [0.29, 0.717) is 25.8 Å². The summed E-state index contributed by atoms with van der Waals surface area (Å²) in [5.41, 5.74) is 0. The van der Waals surface area contributed by atoms with Crippen LogP contribution in [0.15, 0.2) is 22.8 Å². The topological polar surface area (TPSA) is 57.9 Å². The first-order valence-electron chi connectivity index (χ1n) is 6.44. The van der Waals surface area contributed by atoms with Crippen LogP contribution in [0.3, 0.4) is 0 Å². The van der Waals surface area contributed by atoms with Crippen molar-refractivity contribution in [3.63, 3.8) is 0 Å². The summed E-state index contributed by atoms with van der Waals surface area (Å²) in [6.45, 7) is 3.51. The molecule has 1 aliphatic heterocycles. The normalized spacial score (nSPS) is 22.4. The number of nitrogens with zero attached hydrogens (tertiary/aromatic N) is 1. The molecule has 0 radical (unpaired) electrons. The molecule has 102 valence electrons. The first-order valence-corrected chi connectivity index (χ1v) is 6.44. The van der Waals surface area contributed by atoms with E-state index in [0.717, 1.165) is 25.3 Å². The van der Waals surface area contributed by atoms with Gasteiger partial charge in [0.2, 0.25) is 0 Å². The van der Waals surface area contributed by atoms with Crippen molar-refractivity contribution in [2.75, 3.05) is 33.3 Å². The zero-order chi connectivity index (χ0) is 12.8. The Labute approximate surface area is 108 Å². The van der Waals surface area contributed by atoms with E-state index in [-0.39, 0.29) is 0 Å². The standard InChI is InChI=1S/C13H22N2O3/c1-15-5-4-11(8-15)14-7-12(16)9-17-10-13-3-2-6-18-13/h2-3,6,11-12,14,16H,4-5,7-10H2,1H3. The molecular weight excluding hydrogens is 232 g/mol. The average molecular weight is 254 g/mol. The van der Waals surface area contributed by atoms with Crippen LogP contribution in [0.2, 0.25) is 0 Å². The first-order chi connectivity index (χ1) is 8.74. The van der Waals surface area contributed by atoms with Crippen LogP contribution in [-0.2, 0) is 11.3 Å². The molecule has 5 heteroatoms. The van der Waals surface area contributed by atoms with Gasteiger partial charge in [-0.15, -0.1) is 0 Å². The Kier molecular flexibility index (Phi) is 5.19. The van der Waals surface area contributed by atoms with Crippen molar-refractivity contribution in [2.24, 2.45) is 0 Å². The lowest BCUT2D eigenvalue weighted by Crippen LogP contribution is -2.38. The minimum Gasteiger partial charge on any atom is -0.467 e. The summed E-state index contributed by atoms with van der Waals surface area (Å²) in [6.07, 6.45) is 2.30. The van der Waals surface area contributed by atoms with Crippen LogP contribution < -0.4 is 5.32 Å². The molecule has 1 saturated heterocycles. The molecule has 5 nitrogen and oxygen atoms in total. The van der Waals surface area contributed by atoms with E-state index >= 15 is 0 Å². The minimum atomic E-state index is -0.467. The fraction of sp³-hybridized carbons (Fsp3) is 0.692. The van der Waals surface area contributed by atoms with E-state index < -0.39 is 6.10 Å². The van der Waals surface area contributed by atoms with Crippen LogP contribution in [-0.4, -0.2) is 55.4 Å². The summed E-state index contributed by atoms with van der Waals surface area (Å²) in [4.78, 5) is 2.29. The highest BCUT2D eigenvalue weighted by molar-refractivity contribution is 4.96. The second kappa shape index (κ2) is 6.89. The lowest BCUT2D eigenvalue weighted by Gasteiger charge is -2.16. The molecule has 2 atom stereocenters. The Hall–Kier alpha value is -0.880. The Morgan fingerprint density at radius 2 is 2.56 bits per heavy atom. The second-order valence-corrected chi connectivity index (χ2v) is 4.90. The number of ether oxygens (including phenoxy) is 1. The van der Waals surface area contributed by atoms with Gasteiger partial charge in [0.05, 0.1) is 19.0 Å². The second-order valence-electron chi connectivity index (χ2n) is 4.90. The molecule has 0 saturated carbocycles. The largest absolute Gasteiger partial charge is 0.467 e. The fourth-order valence-corrected chi connectivity index (χ4v) is 2.15. The third kappa shape index (κ3) is 4.42. The van der Waals surface area contributed by atoms with E-state index in [1.807, 2.05) is 12.1 Å². The molecule has 0 bridgehead atoms. The summed E-state index contributed by atoms with van der Waals surface area (Å²) in [7, 11) is 2.12. The van der Waals surface area contributed by atoms with Gasteiger partial charge in [-0.1, -0.05) is 0 Å². The van der Waals surface area contributed by atoms with Crippen LogP contribution in [0.4, 0.5) is 0 Å². The molecule has 2 unspecified atom stereocenters. The lowest BCUT2D eigenvalue weighted by molar-refractivity contribution is 0.0217. The van der Waals surface area contributed by atoms with Gasteiger partial charge in [-0.05, 0) is 32.1 Å². The smallest absolute Gasteiger partial charge is 0.129 e. The Morgan fingerprint density at radius 1 is 1.67 bits per heavy atom. The molecule has 0 spiro atoms. The number of hydrogen-bond donors (Lipinski definition) is 2. The van der Waals surface area contributed by atoms with Gasteiger partial charge in [-0.3, -0.25) is 0 Å². The Bertz CT molecular complexity index is 329. The van der Waals surface area contributed by atoms with Crippen LogP contribution >= 0.6 is 0 Å². The van der Waals surface area contributed by atoms with Crippen LogP contribution in [0.25, 0.3) is 0 Å². The number of likely N-dealkylation sites (tertiary alicyclic amines) is 1. The maximum atomic E-state index is 9.77. The maximum absolute atomic E-state index is 9.77. The number of rotatable bonds is 7. The highest BCUT2D eigenvalue weighted by atomic mass is 16.5. The average Bonchev–Trinajstić information content (AvgIpc) is 2.98. The minimum absolute atomic E-state index is 0.330. The first kappa shape index (κ1) is 13.5. The molecule has 2 heterocycles. The number of hydrogen-bond acceptors (Lipinski definition) is 5. The highest BCUT2D eigenvalue weighted by Crippen LogP contribution is 2.06. The van der Waals surface area contributed by atoms with Gasteiger partial charge < -0.3 is 24.5 Å². The maximum Gasteiger partial charge on any atom is 0.129 e. The zero-order valence-corrected chi connectivity index (χ0v) is 10.8. The number of likely N-dealkylation sites (N-methyl/N-ethyl adjacent to an activating group) is 1. The number of nitrogens with one attached hydrogen (secondary N) is 1. The van der Waals surface area contributed by atoms with Crippen molar-refractivity contribution in [3.05, 3.63) is 24.2 Å². The van der Waals surface area contributed by atoms with Crippen molar-refractivity contribution in [1.82, 2.24) is 10.2 Å². The van der Waals surface area contributed by atoms with E-state index in [1.165, 1.54) is 0 Å². The number of aliphatic hydroxyl groups is 1. The van der Waals surface area contributed by atoms with E-state index in [4.69, 9.17) is 9.15 Å². The van der Waals surface area contributed by atoms with E-state index in [9.17, 15) is 5.11 Å². The molecule has 0 amide bonds. The van der Waals surface area contributed by atoms with Crippen molar-refractivity contribution in [3.8, 4) is 0 Å². The highest BCUT2D eigenvalue weighted by Gasteiger charge is 2.19. The molecular formula is C13H22N2O3. The quantitative estimate of drug-likeness (QED) is 0.740. The summed E-state index contributed by atoms with van der Waals surface area (Å²) >= 11 is 0. The molecule has 2 rings (SSSR count). The van der Waals surface area contributed by atoms with Crippen molar-refractivity contribution < 1.29 is 14.3 Å². The zero-order valence-electron chi connectivity index (χ0n) is 10.8. The van der Waals surface area contributed by atoms with Crippen LogP contribution in [0.1, 0.15) is 12.2 Å². The van der Waals surface area contributed by atoms with E-state index in [1.54, 1.807) is 6.26 Å². The summed E-state index contributed by atoms with van der Waals surface area (Å²) in [5, 5.41) is 13.1. The molecule has 0 aromatic carbocycles. The fourth-order valence-electron chi connectivity index (χ4n) is 2.15.